The van der Waals surface area contributed by atoms with Crippen LogP contribution in [0.2, 0.25) is 0 Å². The second kappa shape index (κ2) is 7.67. The summed E-state index contributed by atoms with van der Waals surface area (Å²) in [7, 11) is 1.89. The van der Waals surface area contributed by atoms with Crippen LogP contribution in [0.1, 0.15) is 25.1 Å². The van der Waals surface area contributed by atoms with E-state index in [0.717, 1.165) is 21.7 Å². The van der Waals surface area contributed by atoms with Crippen LogP contribution < -0.4 is 16.1 Å². The molecule has 0 saturated carbocycles. The molecule has 1 aliphatic rings. The van der Waals surface area contributed by atoms with Crippen molar-refractivity contribution in [2.45, 2.75) is 20.8 Å². The maximum atomic E-state index is 12.9. The number of benzene rings is 2. The monoisotopic (exact) mass is 404 g/mol. The van der Waals surface area contributed by atoms with Gasteiger partial charge in [-0.3, -0.25) is 4.79 Å². The summed E-state index contributed by atoms with van der Waals surface area (Å²) < 4.78 is 1.93. The Kier molecular flexibility index (Phi) is 5.03. The van der Waals surface area contributed by atoms with E-state index < -0.39 is 6.09 Å². The van der Waals surface area contributed by atoms with Crippen molar-refractivity contribution in [1.82, 2.24) is 9.47 Å². The normalized spacial score (nSPS) is 12.7. The van der Waals surface area contributed by atoms with E-state index in [1.807, 2.05) is 74.9 Å². The van der Waals surface area contributed by atoms with E-state index in [1.54, 1.807) is 4.90 Å². The number of hydrogen-bond donors (Lipinski definition) is 1. The van der Waals surface area contributed by atoms with E-state index in [0.29, 0.717) is 35.4 Å². The first kappa shape index (κ1) is 19.7. The van der Waals surface area contributed by atoms with Gasteiger partial charge in [-0.2, -0.15) is 0 Å². The molecule has 7 nitrogen and oxygen atoms in total. The first-order valence-electron chi connectivity index (χ1n) is 9.99. The number of hydrogen-bond acceptors (Lipinski definition) is 4. The molecule has 0 saturated heterocycles. The highest BCUT2D eigenvalue weighted by Gasteiger charge is 2.27. The highest BCUT2D eigenvalue weighted by atomic mass is 16.7. The van der Waals surface area contributed by atoms with Gasteiger partial charge in [-0.25, -0.2) is 15.3 Å². The molecule has 0 atom stereocenters. The number of aromatic nitrogens is 1. The lowest BCUT2D eigenvalue weighted by atomic mass is 10.1. The zero-order chi connectivity index (χ0) is 21.4. The van der Waals surface area contributed by atoms with Crippen molar-refractivity contribution in [1.29, 1.82) is 0 Å². The second-order valence-electron chi connectivity index (χ2n) is 7.25. The zero-order valence-electron chi connectivity index (χ0n) is 17.5. The van der Waals surface area contributed by atoms with E-state index in [1.165, 1.54) is 0 Å². The van der Waals surface area contributed by atoms with Gasteiger partial charge in [0.05, 0.1) is 22.1 Å². The van der Waals surface area contributed by atoms with E-state index in [-0.39, 0.29) is 5.91 Å². The predicted molar refractivity (Wildman–Crippen MR) is 115 cm³/mol. The van der Waals surface area contributed by atoms with Gasteiger partial charge in [0.15, 0.2) is 0 Å². The minimum atomic E-state index is -0.470. The van der Waals surface area contributed by atoms with Crippen LogP contribution in [-0.4, -0.2) is 34.6 Å². The highest BCUT2D eigenvalue weighted by molar-refractivity contribution is 6.23. The lowest BCUT2D eigenvalue weighted by molar-refractivity contribution is -0.112. The van der Waals surface area contributed by atoms with E-state index in [2.05, 4.69) is 10.5 Å². The van der Waals surface area contributed by atoms with Gasteiger partial charge in [0.2, 0.25) is 0 Å². The van der Waals surface area contributed by atoms with Crippen LogP contribution in [-0.2, 0) is 16.7 Å². The zero-order valence-corrected chi connectivity index (χ0v) is 17.5. The third-order valence-electron chi connectivity index (χ3n) is 5.46. The number of rotatable bonds is 5. The Bertz CT molecular complexity index is 1290. The van der Waals surface area contributed by atoms with Gasteiger partial charge in [0.25, 0.3) is 5.91 Å². The Morgan fingerprint density at radius 2 is 1.90 bits per heavy atom. The number of anilines is 1. The van der Waals surface area contributed by atoms with Crippen LogP contribution in [0.25, 0.3) is 16.5 Å². The van der Waals surface area contributed by atoms with Crippen LogP contribution in [0.3, 0.4) is 0 Å². The number of para-hydroxylation sites is 1. The van der Waals surface area contributed by atoms with Gasteiger partial charge in [-0.15, -0.1) is 0 Å². The first-order chi connectivity index (χ1) is 14.5. The summed E-state index contributed by atoms with van der Waals surface area (Å²) in [6.45, 7) is 6.83. The summed E-state index contributed by atoms with van der Waals surface area (Å²) in [5.41, 5.74) is 6.49. The Hall–Kier alpha value is -3.61. The number of nitrogens with one attached hydrogen (secondary N) is 1. The molecule has 0 unspecified atom stereocenters. The van der Waals surface area contributed by atoms with Crippen LogP contribution in [0.5, 0.6) is 0 Å². The van der Waals surface area contributed by atoms with Crippen molar-refractivity contribution >= 4 is 34.2 Å². The fraction of sp³-hybridized carbons (Fsp3) is 0.261. The quantitative estimate of drug-likeness (QED) is 0.664. The average molecular weight is 404 g/mol. The SMILES string of the molecule is CCN(CC)C(=O)ONc1c(C2=c3ccc(C)cc3=NC2=O)n(C)c2ccccc12. The summed E-state index contributed by atoms with van der Waals surface area (Å²) in [5, 5.41) is 2.28. The molecule has 0 aliphatic carbocycles. The Balaban J connectivity index is 1.90. The smallest absolute Gasteiger partial charge is 0.342 e. The summed E-state index contributed by atoms with van der Waals surface area (Å²) in [4.78, 5) is 36.5. The molecular formula is C23H24N4O3. The number of aryl methyl sites for hydroxylation is 2. The molecule has 30 heavy (non-hydrogen) atoms. The first-order valence-corrected chi connectivity index (χ1v) is 9.99. The molecule has 4 rings (SSSR count). The minimum absolute atomic E-state index is 0.306. The molecule has 3 aromatic rings. The fourth-order valence-corrected chi connectivity index (χ4v) is 3.89. The second-order valence-corrected chi connectivity index (χ2v) is 7.25. The molecule has 2 amide bonds. The Morgan fingerprint density at radius 3 is 2.63 bits per heavy atom. The lowest BCUT2D eigenvalue weighted by Gasteiger charge is -2.18. The molecule has 7 heteroatoms. The number of carbonyl (C=O) groups excluding carboxylic acids is 2. The molecule has 2 heterocycles. The van der Waals surface area contributed by atoms with Crippen molar-refractivity contribution in [3.8, 4) is 0 Å². The van der Waals surface area contributed by atoms with Gasteiger partial charge in [0, 0.05) is 30.7 Å². The number of amides is 2. The number of nitrogens with zero attached hydrogens (tertiary/aromatic N) is 3. The molecule has 154 valence electrons. The van der Waals surface area contributed by atoms with Crippen molar-refractivity contribution in [3.63, 3.8) is 0 Å². The third kappa shape index (κ3) is 3.12. The van der Waals surface area contributed by atoms with Crippen molar-refractivity contribution < 1.29 is 14.4 Å². The molecule has 0 bridgehead atoms. The number of fused-ring (bicyclic) bond motifs is 2. The van der Waals surface area contributed by atoms with Crippen molar-refractivity contribution in [2.75, 3.05) is 18.6 Å². The summed E-state index contributed by atoms with van der Waals surface area (Å²) >= 11 is 0. The predicted octanol–water partition coefficient (Wildman–Crippen LogP) is 2.65. The summed E-state index contributed by atoms with van der Waals surface area (Å²) in [5.74, 6) is -0.306. The molecular weight excluding hydrogens is 380 g/mol. The van der Waals surface area contributed by atoms with Gasteiger partial charge in [0.1, 0.15) is 5.69 Å². The van der Waals surface area contributed by atoms with Gasteiger partial charge >= 0.3 is 6.09 Å². The van der Waals surface area contributed by atoms with Crippen LogP contribution >= 0.6 is 0 Å². The molecule has 1 N–H and O–H groups in total. The standard InChI is InChI=1S/C23H24N4O3/c1-5-27(6-2)23(29)30-25-20-16-9-7-8-10-18(16)26(4)21(20)19-15-12-11-14(3)13-17(15)24-22(19)28/h7-13,25H,5-6H2,1-4H3. The van der Waals surface area contributed by atoms with Gasteiger partial charge in [-0.05, 0) is 38.5 Å². The third-order valence-corrected chi connectivity index (χ3v) is 5.46. The highest BCUT2D eigenvalue weighted by Crippen LogP contribution is 2.34. The molecule has 0 fully saturated rings. The topological polar surface area (TPSA) is 75.9 Å². The lowest BCUT2D eigenvalue weighted by Crippen LogP contribution is -2.32. The molecule has 1 aromatic heterocycles. The van der Waals surface area contributed by atoms with E-state index in [9.17, 15) is 9.59 Å². The van der Waals surface area contributed by atoms with Crippen LogP contribution in [0, 0.1) is 6.92 Å². The largest absolute Gasteiger partial charge is 0.434 e. The maximum Gasteiger partial charge on any atom is 0.434 e. The minimum Gasteiger partial charge on any atom is -0.342 e. The van der Waals surface area contributed by atoms with E-state index >= 15 is 0 Å². The molecule has 1 aliphatic heterocycles. The molecule has 2 aromatic carbocycles. The van der Waals surface area contributed by atoms with E-state index in [4.69, 9.17) is 4.84 Å². The van der Waals surface area contributed by atoms with Gasteiger partial charge in [-0.1, -0.05) is 30.3 Å². The van der Waals surface area contributed by atoms with Crippen LogP contribution in [0.15, 0.2) is 47.5 Å². The maximum absolute atomic E-state index is 12.9. The number of carbonyl (C=O) groups is 2. The van der Waals surface area contributed by atoms with Crippen molar-refractivity contribution in [3.05, 3.63) is 64.3 Å². The summed E-state index contributed by atoms with van der Waals surface area (Å²) in [6.07, 6.45) is -0.470. The van der Waals surface area contributed by atoms with Crippen LogP contribution in [0.4, 0.5) is 10.5 Å². The summed E-state index contributed by atoms with van der Waals surface area (Å²) in [6, 6.07) is 13.5. The van der Waals surface area contributed by atoms with Gasteiger partial charge < -0.3 is 14.3 Å². The Morgan fingerprint density at radius 1 is 1.17 bits per heavy atom. The molecule has 0 radical (unpaired) electrons. The average Bonchev–Trinajstić information content (AvgIpc) is 3.19. The Labute approximate surface area is 174 Å². The fourth-order valence-electron chi connectivity index (χ4n) is 3.89. The van der Waals surface area contributed by atoms with Crippen molar-refractivity contribution in [2.24, 2.45) is 12.0 Å². The molecule has 0 spiro atoms.